The van der Waals surface area contributed by atoms with Crippen LogP contribution in [-0.2, 0) is 28.7 Å². The van der Waals surface area contributed by atoms with Crippen LogP contribution >= 0.6 is 0 Å². The molecule has 2 aromatic heterocycles. The fourth-order valence-electron chi connectivity index (χ4n) is 4.07. The molecule has 0 saturated heterocycles. The van der Waals surface area contributed by atoms with Gasteiger partial charge in [0.25, 0.3) is 5.91 Å². The average molecular weight is 461 g/mol. The summed E-state index contributed by atoms with van der Waals surface area (Å²) in [5.41, 5.74) is 1.69. The predicted octanol–water partition coefficient (Wildman–Crippen LogP) is 3.54. The average Bonchev–Trinajstić information content (AvgIpc) is 3.39. The van der Waals surface area contributed by atoms with Crippen LogP contribution in [0.2, 0.25) is 0 Å². The van der Waals surface area contributed by atoms with Crippen molar-refractivity contribution in [1.29, 1.82) is 0 Å². The van der Waals surface area contributed by atoms with Crippen molar-refractivity contribution in [3.63, 3.8) is 0 Å². The molecule has 0 aromatic carbocycles. The molecule has 2 unspecified atom stereocenters. The quantitative estimate of drug-likeness (QED) is 0.654. The van der Waals surface area contributed by atoms with Crippen LogP contribution in [-0.4, -0.2) is 50.8 Å². The number of hydrogen-bond acceptors (Lipinski definition) is 6. The lowest BCUT2D eigenvalue weighted by molar-refractivity contribution is 0.0979. The van der Waals surface area contributed by atoms with Gasteiger partial charge in [0.1, 0.15) is 17.6 Å². The molecule has 10 nitrogen and oxygen atoms in total. The number of nitrogens with one attached hydrogen (secondary N) is 2. The van der Waals surface area contributed by atoms with Crippen molar-refractivity contribution in [3.8, 4) is 0 Å². The number of aryl methyl sites for hydroxylation is 1. The van der Waals surface area contributed by atoms with Crippen molar-refractivity contribution in [2.45, 2.75) is 84.1 Å². The Bertz CT molecular complexity index is 988. The summed E-state index contributed by atoms with van der Waals surface area (Å²) < 4.78 is 14.1. The smallest absolute Gasteiger partial charge is 0.407 e. The van der Waals surface area contributed by atoms with Crippen molar-refractivity contribution >= 4 is 17.8 Å². The van der Waals surface area contributed by atoms with Crippen LogP contribution in [0.3, 0.4) is 0 Å². The van der Waals surface area contributed by atoms with Crippen LogP contribution in [0.4, 0.5) is 10.6 Å². The summed E-state index contributed by atoms with van der Waals surface area (Å²) in [6.45, 7) is 10.3. The molecule has 182 valence electrons. The van der Waals surface area contributed by atoms with Crippen LogP contribution in [0, 0.1) is 0 Å². The van der Waals surface area contributed by atoms with E-state index in [1.165, 1.54) is 0 Å². The first-order chi connectivity index (χ1) is 15.5. The number of nitrogens with zero attached hydrogens (tertiary/aromatic N) is 4. The second-order valence-electron chi connectivity index (χ2n) is 9.91. The maximum absolute atomic E-state index is 13.0. The van der Waals surface area contributed by atoms with E-state index in [0.29, 0.717) is 30.2 Å². The minimum Gasteiger partial charge on any atom is -0.446 e. The van der Waals surface area contributed by atoms with Crippen molar-refractivity contribution < 1.29 is 19.1 Å². The van der Waals surface area contributed by atoms with E-state index >= 15 is 0 Å². The highest BCUT2D eigenvalue weighted by Crippen LogP contribution is 2.37. The number of anilines is 1. The van der Waals surface area contributed by atoms with E-state index < -0.39 is 0 Å². The molecule has 1 saturated carbocycles. The van der Waals surface area contributed by atoms with Gasteiger partial charge in [-0.05, 0) is 59.9 Å². The number of carbonyl (C=O) groups excluding carboxylic acids is 2. The Labute approximate surface area is 195 Å². The molecular weight excluding hydrogens is 424 g/mol. The molecule has 1 aliphatic carbocycles. The van der Waals surface area contributed by atoms with E-state index in [4.69, 9.17) is 14.6 Å². The number of hydrogen-bond donors (Lipinski definition) is 2. The van der Waals surface area contributed by atoms with Crippen molar-refractivity contribution in [3.05, 3.63) is 29.2 Å². The summed E-state index contributed by atoms with van der Waals surface area (Å²) in [5.74, 6) is 0.521. The van der Waals surface area contributed by atoms with Gasteiger partial charge in [0.15, 0.2) is 0 Å². The normalized spacial score (nSPS) is 18.5. The van der Waals surface area contributed by atoms with Gasteiger partial charge in [-0.3, -0.25) is 9.48 Å². The van der Waals surface area contributed by atoms with Crippen LogP contribution < -0.4 is 10.6 Å². The molecule has 2 amide bonds. The molecular formula is C23H36N6O4. The Morgan fingerprint density at radius 1 is 1.21 bits per heavy atom. The lowest BCUT2D eigenvalue weighted by Gasteiger charge is -2.22. The van der Waals surface area contributed by atoms with Gasteiger partial charge in [-0.2, -0.15) is 10.2 Å². The minimum absolute atomic E-state index is 0.0355. The van der Waals surface area contributed by atoms with E-state index in [0.717, 1.165) is 18.5 Å². The molecule has 2 aromatic rings. The van der Waals surface area contributed by atoms with Gasteiger partial charge >= 0.3 is 6.09 Å². The molecule has 2 N–H and O–H groups in total. The largest absolute Gasteiger partial charge is 0.446 e. The highest BCUT2D eigenvalue weighted by atomic mass is 16.6. The lowest BCUT2D eigenvalue weighted by atomic mass is 10.0. The zero-order valence-electron chi connectivity index (χ0n) is 20.6. The van der Waals surface area contributed by atoms with Gasteiger partial charge in [0, 0.05) is 32.2 Å². The topological polar surface area (TPSA) is 112 Å². The fourth-order valence-corrected chi connectivity index (χ4v) is 4.07. The van der Waals surface area contributed by atoms with E-state index in [9.17, 15) is 9.59 Å². The Morgan fingerprint density at radius 3 is 2.58 bits per heavy atom. The molecule has 33 heavy (non-hydrogen) atoms. The number of aromatic nitrogens is 4. The number of carbonyl (C=O) groups is 2. The van der Waals surface area contributed by atoms with Crippen molar-refractivity contribution in [1.82, 2.24) is 24.9 Å². The third-order valence-electron chi connectivity index (χ3n) is 5.54. The van der Waals surface area contributed by atoms with Crippen LogP contribution in [0.5, 0.6) is 0 Å². The third-order valence-corrected chi connectivity index (χ3v) is 5.54. The van der Waals surface area contributed by atoms with Gasteiger partial charge in [-0.25, -0.2) is 9.48 Å². The maximum atomic E-state index is 13.0. The summed E-state index contributed by atoms with van der Waals surface area (Å²) in [7, 11) is 3.32. The zero-order valence-corrected chi connectivity index (χ0v) is 20.6. The standard InChI is InChI=1S/C23H36N6O4/c1-14(2)24-22(31)33-17-9-8-15(10-17)18-12-20(29(27-18)23(3,4)5)25-21(30)19-11-16(13-32-7)26-28(19)6/h11-12,14-15,17H,8-10,13H2,1-7H3,(H,24,31)(H,25,30). The molecule has 1 fully saturated rings. The first-order valence-electron chi connectivity index (χ1n) is 11.4. The molecule has 10 heteroatoms. The Morgan fingerprint density at radius 2 is 1.94 bits per heavy atom. The van der Waals surface area contributed by atoms with Crippen molar-refractivity contribution in [2.75, 3.05) is 12.4 Å². The van der Waals surface area contributed by atoms with Crippen molar-refractivity contribution in [2.24, 2.45) is 7.05 Å². The Hall–Kier alpha value is -2.88. The predicted molar refractivity (Wildman–Crippen MR) is 124 cm³/mol. The summed E-state index contributed by atoms with van der Waals surface area (Å²) in [6.07, 6.45) is 1.85. The highest BCUT2D eigenvalue weighted by molar-refractivity contribution is 6.02. The van der Waals surface area contributed by atoms with Crippen LogP contribution in [0.15, 0.2) is 12.1 Å². The monoisotopic (exact) mass is 460 g/mol. The van der Waals surface area contributed by atoms with E-state index in [1.54, 1.807) is 24.9 Å². The van der Waals surface area contributed by atoms with Crippen LogP contribution in [0.25, 0.3) is 0 Å². The molecule has 0 bridgehead atoms. The molecule has 1 aliphatic rings. The summed E-state index contributed by atoms with van der Waals surface area (Å²) in [6, 6.07) is 3.68. The molecule has 2 heterocycles. The first-order valence-corrected chi connectivity index (χ1v) is 11.4. The van der Waals surface area contributed by atoms with Gasteiger partial charge < -0.3 is 20.1 Å². The number of alkyl carbamates (subject to hydrolysis) is 1. The summed E-state index contributed by atoms with van der Waals surface area (Å²) in [4.78, 5) is 25.0. The number of ether oxygens (including phenoxy) is 2. The van der Waals surface area contributed by atoms with Gasteiger partial charge in [-0.1, -0.05) is 0 Å². The van der Waals surface area contributed by atoms with Gasteiger partial charge in [-0.15, -0.1) is 0 Å². The summed E-state index contributed by atoms with van der Waals surface area (Å²) in [5, 5.41) is 14.9. The minimum atomic E-state index is -0.382. The van der Waals surface area contributed by atoms with E-state index in [2.05, 4.69) is 15.7 Å². The molecule has 0 aliphatic heterocycles. The highest BCUT2D eigenvalue weighted by Gasteiger charge is 2.32. The molecule has 3 rings (SSSR count). The van der Waals surface area contributed by atoms with E-state index in [-0.39, 0.29) is 35.6 Å². The van der Waals surface area contributed by atoms with Gasteiger partial charge in [0.2, 0.25) is 0 Å². The zero-order chi connectivity index (χ0) is 24.3. The number of rotatable bonds is 7. The third kappa shape index (κ3) is 6.13. The first kappa shape index (κ1) is 24.8. The summed E-state index contributed by atoms with van der Waals surface area (Å²) >= 11 is 0. The van der Waals surface area contributed by atoms with E-state index in [1.807, 2.05) is 45.4 Å². The Kier molecular flexibility index (Phi) is 7.46. The van der Waals surface area contributed by atoms with Crippen LogP contribution in [0.1, 0.15) is 81.7 Å². The number of amides is 2. The maximum Gasteiger partial charge on any atom is 0.407 e. The second kappa shape index (κ2) is 9.94. The number of methoxy groups -OCH3 is 1. The molecule has 0 radical (unpaired) electrons. The SMILES string of the molecule is COCc1cc(C(=O)Nc2cc(C3CCC(OC(=O)NC(C)C)C3)nn2C(C)(C)C)n(C)n1. The lowest BCUT2D eigenvalue weighted by Crippen LogP contribution is -2.33. The van der Waals surface area contributed by atoms with Gasteiger partial charge in [0.05, 0.1) is 23.5 Å². The Balaban J connectivity index is 1.75. The fraction of sp³-hybridized carbons (Fsp3) is 0.652. The molecule has 2 atom stereocenters. The second-order valence-corrected chi connectivity index (χ2v) is 9.91. The molecule has 0 spiro atoms.